The summed E-state index contributed by atoms with van der Waals surface area (Å²) in [5.74, 6) is 0.937. The fourth-order valence-corrected chi connectivity index (χ4v) is 2.85. The number of carbonyl (C=O) groups is 1. The van der Waals surface area contributed by atoms with Gasteiger partial charge in [0, 0.05) is 26.1 Å². The largest absolute Gasteiger partial charge is 0.378 e. The summed E-state index contributed by atoms with van der Waals surface area (Å²) in [5.41, 5.74) is 5.55. The highest BCUT2D eigenvalue weighted by atomic mass is 16.5. The quantitative estimate of drug-likeness (QED) is 0.784. The van der Waals surface area contributed by atoms with Crippen LogP contribution in [0, 0.1) is 5.92 Å². The van der Waals surface area contributed by atoms with E-state index in [4.69, 9.17) is 10.5 Å². The number of hydrogen-bond donors (Lipinski definition) is 1. The highest BCUT2D eigenvalue weighted by Crippen LogP contribution is 2.22. The molecule has 1 amide bonds. The fourth-order valence-electron chi connectivity index (χ4n) is 2.85. The number of ether oxygens (including phenoxy) is 1. The van der Waals surface area contributed by atoms with Crippen molar-refractivity contribution in [3.8, 4) is 0 Å². The molecule has 0 aromatic carbocycles. The van der Waals surface area contributed by atoms with Gasteiger partial charge < -0.3 is 15.4 Å². The SMILES string of the molecule is NCCC1CCN(C(=O)CCC2CCCO2)C1. The highest BCUT2D eigenvalue weighted by Gasteiger charge is 2.26. The predicted molar refractivity (Wildman–Crippen MR) is 66.6 cm³/mol. The third-order valence-corrected chi connectivity index (χ3v) is 3.92. The number of rotatable bonds is 5. The van der Waals surface area contributed by atoms with Crippen LogP contribution in [0.4, 0.5) is 0 Å². The minimum atomic E-state index is 0.306. The monoisotopic (exact) mass is 240 g/mol. The molecule has 0 radical (unpaired) electrons. The van der Waals surface area contributed by atoms with Crippen LogP contribution in [0.25, 0.3) is 0 Å². The summed E-state index contributed by atoms with van der Waals surface area (Å²) in [6.07, 6.45) is 6.35. The minimum absolute atomic E-state index is 0.306. The Balaban J connectivity index is 1.66. The molecule has 2 aliphatic heterocycles. The molecule has 2 heterocycles. The van der Waals surface area contributed by atoms with Crippen molar-refractivity contribution >= 4 is 5.91 Å². The molecule has 0 bridgehead atoms. The minimum Gasteiger partial charge on any atom is -0.378 e. The molecule has 0 aromatic heterocycles. The molecule has 0 aromatic rings. The molecule has 2 saturated heterocycles. The Kier molecular flexibility index (Phi) is 4.80. The molecule has 2 N–H and O–H groups in total. The van der Waals surface area contributed by atoms with Crippen molar-refractivity contribution in [2.75, 3.05) is 26.2 Å². The van der Waals surface area contributed by atoms with E-state index in [9.17, 15) is 4.79 Å². The average Bonchev–Trinajstić information content (AvgIpc) is 2.97. The zero-order valence-electron chi connectivity index (χ0n) is 10.6. The van der Waals surface area contributed by atoms with Gasteiger partial charge in [-0.05, 0) is 44.6 Å². The molecular weight excluding hydrogens is 216 g/mol. The van der Waals surface area contributed by atoms with Gasteiger partial charge in [0.25, 0.3) is 0 Å². The lowest BCUT2D eigenvalue weighted by Gasteiger charge is -2.17. The second kappa shape index (κ2) is 6.36. The van der Waals surface area contributed by atoms with E-state index in [1.165, 1.54) is 0 Å². The number of nitrogens with zero attached hydrogens (tertiary/aromatic N) is 1. The smallest absolute Gasteiger partial charge is 0.222 e. The molecule has 0 spiro atoms. The van der Waals surface area contributed by atoms with Crippen molar-refractivity contribution in [3.05, 3.63) is 0 Å². The van der Waals surface area contributed by atoms with Gasteiger partial charge >= 0.3 is 0 Å². The zero-order valence-corrected chi connectivity index (χ0v) is 10.6. The molecule has 4 nitrogen and oxygen atoms in total. The van der Waals surface area contributed by atoms with E-state index < -0.39 is 0 Å². The molecule has 98 valence electrons. The highest BCUT2D eigenvalue weighted by molar-refractivity contribution is 5.76. The molecule has 4 heteroatoms. The second-order valence-electron chi connectivity index (χ2n) is 5.25. The van der Waals surface area contributed by atoms with Crippen LogP contribution in [0.3, 0.4) is 0 Å². The van der Waals surface area contributed by atoms with Gasteiger partial charge in [-0.3, -0.25) is 4.79 Å². The predicted octanol–water partition coefficient (Wildman–Crippen LogP) is 1.14. The summed E-state index contributed by atoms with van der Waals surface area (Å²) < 4.78 is 5.54. The maximum absolute atomic E-state index is 12.0. The summed E-state index contributed by atoms with van der Waals surface area (Å²) in [5, 5.41) is 0. The first kappa shape index (κ1) is 12.8. The molecule has 2 unspecified atom stereocenters. The van der Waals surface area contributed by atoms with Crippen LogP contribution in [0.5, 0.6) is 0 Å². The van der Waals surface area contributed by atoms with Crippen LogP contribution in [-0.2, 0) is 9.53 Å². The molecule has 0 aliphatic carbocycles. The molecule has 2 aliphatic rings. The van der Waals surface area contributed by atoms with Crippen molar-refractivity contribution < 1.29 is 9.53 Å². The number of hydrogen-bond acceptors (Lipinski definition) is 3. The Labute approximate surface area is 103 Å². The molecule has 2 rings (SSSR count). The van der Waals surface area contributed by atoms with Crippen molar-refractivity contribution in [1.29, 1.82) is 0 Å². The van der Waals surface area contributed by atoms with Crippen molar-refractivity contribution in [2.24, 2.45) is 11.7 Å². The van der Waals surface area contributed by atoms with Crippen LogP contribution in [0.15, 0.2) is 0 Å². The lowest BCUT2D eigenvalue weighted by atomic mass is 10.1. The third-order valence-electron chi connectivity index (χ3n) is 3.92. The van der Waals surface area contributed by atoms with Gasteiger partial charge in [-0.2, -0.15) is 0 Å². The topological polar surface area (TPSA) is 55.6 Å². The third kappa shape index (κ3) is 3.68. The van der Waals surface area contributed by atoms with Crippen molar-refractivity contribution in [1.82, 2.24) is 4.90 Å². The zero-order chi connectivity index (χ0) is 12.1. The maximum Gasteiger partial charge on any atom is 0.222 e. The summed E-state index contributed by atoms with van der Waals surface area (Å²) in [6, 6.07) is 0. The van der Waals surface area contributed by atoms with E-state index in [1.54, 1.807) is 0 Å². The van der Waals surface area contributed by atoms with Gasteiger partial charge in [-0.1, -0.05) is 0 Å². The molecular formula is C13H24N2O2. The Morgan fingerprint density at radius 2 is 2.24 bits per heavy atom. The molecule has 2 fully saturated rings. The standard InChI is InChI=1S/C13H24N2O2/c14-7-5-11-6-8-15(10-11)13(16)4-3-12-2-1-9-17-12/h11-12H,1-10,14H2. The number of amides is 1. The summed E-state index contributed by atoms with van der Waals surface area (Å²) in [7, 11) is 0. The van der Waals surface area contributed by atoms with Crippen LogP contribution in [-0.4, -0.2) is 43.2 Å². The lowest BCUT2D eigenvalue weighted by molar-refractivity contribution is -0.130. The number of carbonyl (C=O) groups excluding carboxylic acids is 1. The van der Waals surface area contributed by atoms with Gasteiger partial charge in [-0.25, -0.2) is 0 Å². The van der Waals surface area contributed by atoms with Crippen LogP contribution in [0.1, 0.15) is 38.5 Å². The van der Waals surface area contributed by atoms with E-state index in [2.05, 4.69) is 0 Å². The second-order valence-corrected chi connectivity index (χ2v) is 5.25. The first-order chi connectivity index (χ1) is 8.29. The van der Waals surface area contributed by atoms with E-state index >= 15 is 0 Å². The van der Waals surface area contributed by atoms with Gasteiger partial charge in [0.15, 0.2) is 0 Å². The Morgan fingerprint density at radius 1 is 1.35 bits per heavy atom. The first-order valence-corrected chi connectivity index (χ1v) is 6.89. The summed E-state index contributed by atoms with van der Waals surface area (Å²) in [6.45, 7) is 3.46. The van der Waals surface area contributed by atoms with Crippen LogP contribution >= 0.6 is 0 Å². The van der Waals surface area contributed by atoms with E-state index in [0.717, 1.165) is 58.3 Å². The Morgan fingerprint density at radius 3 is 2.94 bits per heavy atom. The van der Waals surface area contributed by atoms with Crippen molar-refractivity contribution in [3.63, 3.8) is 0 Å². The lowest BCUT2D eigenvalue weighted by Crippen LogP contribution is -2.29. The van der Waals surface area contributed by atoms with Gasteiger partial charge in [-0.15, -0.1) is 0 Å². The first-order valence-electron chi connectivity index (χ1n) is 6.89. The Hall–Kier alpha value is -0.610. The van der Waals surface area contributed by atoms with Gasteiger partial charge in [0.1, 0.15) is 0 Å². The van der Waals surface area contributed by atoms with E-state index in [1.807, 2.05) is 4.90 Å². The number of likely N-dealkylation sites (tertiary alicyclic amines) is 1. The molecule has 17 heavy (non-hydrogen) atoms. The summed E-state index contributed by atoms with van der Waals surface area (Å²) in [4.78, 5) is 14.0. The Bertz CT molecular complexity index is 252. The van der Waals surface area contributed by atoms with Crippen molar-refractivity contribution in [2.45, 2.75) is 44.6 Å². The van der Waals surface area contributed by atoms with Gasteiger partial charge in [0.05, 0.1) is 6.10 Å². The van der Waals surface area contributed by atoms with E-state index in [0.29, 0.717) is 24.3 Å². The van der Waals surface area contributed by atoms with Crippen LogP contribution in [0.2, 0.25) is 0 Å². The fraction of sp³-hybridized carbons (Fsp3) is 0.923. The molecule has 0 saturated carbocycles. The number of nitrogens with two attached hydrogens (primary N) is 1. The summed E-state index contributed by atoms with van der Waals surface area (Å²) >= 11 is 0. The van der Waals surface area contributed by atoms with Crippen LogP contribution < -0.4 is 5.73 Å². The maximum atomic E-state index is 12.0. The van der Waals surface area contributed by atoms with Gasteiger partial charge in [0.2, 0.25) is 5.91 Å². The normalized spacial score (nSPS) is 28.9. The average molecular weight is 240 g/mol. The van der Waals surface area contributed by atoms with E-state index in [-0.39, 0.29) is 0 Å². The molecule has 2 atom stereocenters.